The van der Waals surface area contributed by atoms with E-state index in [-0.39, 0.29) is 29.8 Å². The molecule has 8 nitrogen and oxygen atoms in total. The first-order valence-corrected chi connectivity index (χ1v) is 12.3. The first kappa shape index (κ1) is 23.9. The van der Waals surface area contributed by atoms with E-state index in [2.05, 4.69) is 20.6 Å². The van der Waals surface area contributed by atoms with Crippen molar-refractivity contribution in [1.82, 2.24) is 19.5 Å². The summed E-state index contributed by atoms with van der Waals surface area (Å²) in [5.41, 5.74) is 0.484. The first-order valence-electron chi connectivity index (χ1n) is 12.3. The Labute approximate surface area is 202 Å². The molecule has 2 fully saturated rings. The van der Waals surface area contributed by atoms with Gasteiger partial charge in [0.2, 0.25) is 11.9 Å². The molecule has 2 aliphatic rings. The molecule has 4 N–H and O–H groups in total. The number of aliphatic hydroxyl groups excluding tert-OH is 1. The van der Waals surface area contributed by atoms with Gasteiger partial charge >= 0.3 is 0 Å². The number of benzene rings is 1. The Kier molecular flexibility index (Phi) is 6.35. The topological polar surface area (TPSA) is 108 Å². The highest BCUT2D eigenvalue weighted by atomic mass is 19.1. The third-order valence-electron chi connectivity index (χ3n) is 7.41. The number of fused-ring (bicyclic) bond motifs is 1. The van der Waals surface area contributed by atoms with E-state index in [1.165, 1.54) is 12.1 Å². The van der Waals surface area contributed by atoms with E-state index in [4.69, 9.17) is 4.98 Å². The standard InChI is InChI=1S/C25H32F2N6O2/c1-25(2,35)14-3-7-17(11-14)33-22-21(31-24(33)30-20-10-4-15(26)12-19(20)27)13-28-23(32-22)29-16-5-8-18(34)9-6-16/h4,10,12-14,16-18,34-35H,3,5-9,11H2,1-2H3,(H,30,31)(H,28,29,32)/t14-,16-,17+,18-/m1/s1. The zero-order valence-corrected chi connectivity index (χ0v) is 20.0. The molecule has 188 valence electrons. The number of imidazole rings is 1. The molecule has 0 saturated heterocycles. The van der Waals surface area contributed by atoms with Crippen molar-refractivity contribution in [3.05, 3.63) is 36.0 Å². The van der Waals surface area contributed by atoms with E-state index < -0.39 is 17.2 Å². The van der Waals surface area contributed by atoms with Gasteiger partial charge in [-0.1, -0.05) is 0 Å². The molecule has 2 aromatic heterocycles. The van der Waals surface area contributed by atoms with Gasteiger partial charge in [0.25, 0.3) is 0 Å². The molecule has 0 amide bonds. The predicted molar refractivity (Wildman–Crippen MR) is 130 cm³/mol. The smallest absolute Gasteiger partial charge is 0.224 e. The molecule has 3 aromatic rings. The molecule has 0 spiro atoms. The Morgan fingerprint density at radius 1 is 1.06 bits per heavy atom. The van der Waals surface area contributed by atoms with Gasteiger partial charge < -0.3 is 20.8 Å². The maximum absolute atomic E-state index is 14.4. The minimum absolute atomic E-state index is 0.00462. The number of aliphatic hydroxyl groups is 2. The third-order valence-corrected chi connectivity index (χ3v) is 7.41. The molecule has 5 rings (SSSR count). The normalized spacial score (nSPS) is 25.2. The molecular formula is C25H32F2N6O2. The molecule has 2 heterocycles. The van der Waals surface area contributed by atoms with Gasteiger partial charge in [-0.05, 0) is 76.8 Å². The monoisotopic (exact) mass is 486 g/mol. The molecule has 0 unspecified atom stereocenters. The fourth-order valence-electron chi connectivity index (χ4n) is 5.34. The molecule has 2 atom stereocenters. The van der Waals surface area contributed by atoms with Crippen LogP contribution in [0.2, 0.25) is 0 Å². The number of nitrogens with zero attached hydrogens (tertiary/aromatic N) is 4. The maximum Gasteiger partial charge on any atom is 0.224 e. The van der Waals surface area contributed by atoms with Crippen LogP contribution in [0.25, 0.3) is 11.2 Å². The SMILES string of the molecule is CC(C)(O)[C@@H]1CC[C@H](n2c(Nc3ccc(F)cc3F)nc3cnc(N[C@H]4CC[C@H](O)CC4)nc32)C1. The van der Waals surface area contributed by atoms with Gasteiger partial charge in [0.15, 0.2) is 5.65 Å². The van der Waals surface area contributed by atoms with Crippen LogP contribution in [0.5, 0.6) is 0 Å². The lowest BCUT2D eigenvalue weighted by Gasteiger charge is -2.26. The van der Waals surface area contributed by atoms with Crippen LogP contribution in [0.1, 0.15) is 64.8 Å². The summed E-state index contributed by atoms with van der Waals surface area (Å²) in [7, 11) is 0. The number of halogens is 2. The van der Waals surface area contributed by atoms with Crippen molar-refractivity contribution in [3.8, 4) is 0 Å². The number of aromatic nitrogens is 4. The van der Waals surface area contributed by atoms with Gasteiger partial charge in [-0.15, -0.1) is 0 Å². The van der Waals surface area contributed by atoms with Crippen molar-refractivity contribution in [2.75, 3.05) is 10.6 Å². The average molecular weight is 487 g/mol. The Hall–Kier alpha value is -2.85. The molecule has 35 heavy (non-hydrogen) atoms. The molecule has 1 aromatic carbocycles. The number of rotatable bonds is 6. The first-order chi connectivity index (χ1) is 16.7. The van der Waals surface area contributed by atoms with E-state index in [1.54, 1.807) is 6.20 Å². The number of nitrogens with one attached hydrogen (secondary N) is 2. The van der Waals surface area contributed by atoms with Crippen molar-refractivity contribution in [2.45, 2.75) is 82.6 Å². The van der Waals surface area contributed by atoms with Crippen LogP contribution in [0.3, 0.4) is 0 Å². The molecule has 2 saturated carbocycles. The average Bonchev–Trinajstić information content (AvgIpc) is 3.41. The molecule has 0 bridgehead atoms. The summed E-state index contributed by atoms with van der Waals surface area (Å²) in [5, 5.41) is 26.8. The largest absolute Gasteiger partial charge is 0.393 e. The van der Waals surface area contributed by atoms with Crippen LogP contribution in [0.4, 0.5) is 26.4 Å². The molecule has 0 aliphatic heterocycles. The lowest BCUT2D eigenvalue weighted by Crippen LogP contribution is -2.29. The lowest BCUT2D eigenvalue weighted by molar-refractivity contribution is 0.0186. The Morgan fingerprint density at radius 2 is 1.83 bits per heavy atom. The zero-order valence-electron chi connectivity index (χ0n) is 20.0. The summed E-state index contributed by atoms with van der Waals surface area (Å²) in [6.07, 6.45) is 6.96. The van der Waals surface area contributed by atoms with Crippen LogP contribution in [0, 0.1) is 17.6 Å². The molecule has 10 heteroatoms. The third kappa shape index (κ3) is 5.08. The summed E-state index contributed by atoms with van der Waals surface area (Å²) in [6.45, 7) is 3.65. The van der Waals surface area contributed by atoms with Gasteiger partial charge in [-0.3, -0.25) is 4.57 Å². The summed E-state index contributed by atoms with van der Waals surface area (Å²) in [4.78, 5) is 13.9. The van der Waals surface area contributed by atoms with E-state index in [9.17, 15) is 19.0 Å². The van der Waals surface area contributed by atoms with Crippen LogP contribution in [0.15, 0.2) is 24.4 Å². The van der Waals surface area contributed by atoms with Crippen LogP contribution in [-0.4, -0.2) is 47.5 Å². The van der Waals surface area contributed by atoms with E-state index in [0.29, 0.717) is 23.1 Å². The Balaban J connectivity index is 1.50. The summed E-state index contributed by atoms with van der Waals surface area (Å²) in [6, 6.07) is 3.55. The van der Waals surface area contributed by atoms with Gasteiger partial charge in [0, 0.05) is 18.2 Å². The number of hydrogen-bond donors (Lipinski definition) is 4. The minimum atomic E-state index is -0.810. The highest BCUT2D eigenvalue weighted by Gasteiger charge is 2.37. The quantitative estimate of drug-likeness (QED) is 0.401. The van der Waals surface area contributed by atoms with Gasteiger partial charge in [0.1, 0.15) is 17.2 Å². The predicted octanol–water partition coefficient (Wildman–Crippen LogP) is 4.68. The summed E-state index contributed by atoms with van der Waals surface area (Å²) < 4.78 is 29.8. The maximum atomic E-state index is 14.4. The minimum Gasteiger partial charge on any atom is -0.393 e. The van der Waals surface area contributed by atoms with Crippen molar-refractivity contribution in [1.29, 1.82) is 0 Å². The Morgan fingerprint density at radius 3 is 2.51 bits per heavy atom. The number of anilines is 3. The van der Waals surface area contributed by atoms with Crippen molar-refractivity contribution >= 4 is 28.7 Å². The van der Waals surface area contributed by atoms with Gasteiger partial charge in [-0.25, -0.2) is 18.7 Å². The molecule has 0 radical (unpaired) electrons. The van der Waals surface area contributed by atoms with Crippen LogP contribution < -0.4 is 10.6 Å². The van der Waals surface area contributed by atoms with E-state index >= 15 is 0 Å². The highest BCUT2D eigenvalue weighted by Crippen LogP contribution is 2.43. The molecular weight excluding hydrogens is 454 g/mol. The fourth-order valence-corrected chi connectivity index (χ4v) is 5.34. The lowest BCUT2D eigenvalue weighted by atomic mass is 9.89. The van der Waals surface area contributed by atoms with Gasteiger partial charge in [-0.2, -0.15) is 4.98 Å². The van der Waals surface area contributed by atoms with E-state index in [0.717, 1.165) is 51.0 Å². The fraction of sp³-hybridized carbons (Fsp3) is 0.560. The van der Waals surface area contributed by atoms with Crippen molar-refractivity contribution in [2.24, 2.45) is 5.92 Å². The summed E-state index contributed by atoms with van der Waals surface area (Å²) in [5.74, 6) is -0.372. The second kappa shape index (κ2) is 9.31. The summed E-state index contributed by atoms with van der Waals surface area (Å²) >= 11 is 0. The Bertz CT molecular complexity index is 1200. The number of hydrogen-bond acceptors (Lipinski definition) is 7. The van der Waals surface area contributed by atoms with Crippen LogP contribution >= 0.6 is 0 Å². The second-order valence-corrected chi connectivity index (χ2v) is 10.4. The van der Waals surface area contributed by atoms with E-state index in [1.807, 2.05) is 18.4 Å². The highest BCUT2D eigenvalue weighted by molar-refractivity contribution is 5.76. The van der Waals surface area contributed by atoms with Crippen LogP contribution in [-0.2, 0) is 0 Å². The van der Waals surface area contributed by atoms with Crippen molar-refractivity contribution in [3.63, 3.8) is 0 Å². The van der Waals surface area contributed by atoms with Gasteiger partial charge in [0.05, 0.1) is 23.6 Å². The van der Waals surface area contributed by atoms with Crippen molar-refractivity contribution < 1.29 is 19.0 Å². The molecule has 2 aliphatic carbocycles. The second-order valence-electron chi connectivity index (χ2n) is 10.4. The zero-order chi connectivity index (χ0) is 24.7.